The van der Waals surface area contributed by atoms with Crippen LogP contribution in [-0.4, -0.2) is 0 Å². The highest BCUT2D eigenvalue weighted by Gasteiger charge is 2.31. The van der Waals surface area contributed by atoms with Crippen LogP contribution in [0, 0.1) is 13.8 Å². The van der Waals surface area contributed by atoms with Crippen LogP contribution >= 0.6 is 0 Å². The van der Waals surface area contributed by atoms with Crippen molar-refractivity contribution in [1.82, 2.24) is 0 Å². The monoisotopic (exact) mass is 532 g/mol. The van der Waals surface area contributed by atoms with Crippen molar-refractivity contribution in [1.29, 1.82) is 0 Å². The summed E-state index contributed by atoms with van der Waals surface area (Å²) in [5, 5.41) is 10.5. The molecule has 0 saturated heterocycles. The van der Waals surface area contributed by atoms with Gasteiger partial charge in [-0.25, -0.2) is 0 Å². The van der Waals surface area contributed by atoms with Crippen LogP contribution in [0.1, 0.15) is 11.1 Å². The normalized spacial score (nSPS) is 12.0. The topological polar surface area (TPSA) is 0 Å². The molecule has 1 aliphatic carbocycles. The fourth-order valence-corrected chi connectivity index (χ4v) is 7.56. The Labute approximate surface area is 245 Å². The van der Waals surface area contributed by atoms with Gasteiger partial charge < -0.3 is 0 Å². The third kappa shape index (κ3) is 3.12. The Hall–Kier alpha value is -5.20. The molecule has 0 unspecified atom stereocenters. The molecule has 0 aliphatic heterocycles. The van der Waals surface area contributed by atoms with Crippen LogP contribution in [0.4, 0.5) is 0 Å². The second kappa shape index (κ2) is 8.65. The summed E-state index contributed by atoms with van der Waals surface area (Å²) in [6.45, 7) is 4.46. The number of hydrogen-bond acceptors (Lipinski definition) is 0. The van der Waals surface area contributed by atoms with Gasteiger partial charge in [0, 0.05) is 0 Å². The molecule has 0 heteroatoms. The zero-order valence-corrected chi connectivity index (χ0v) is 23.7. The molecule has 42 heavy (non-hydrogen) atoms. The smallest absolute Gasteiger partial charge is 0.000719 e. The van der Waals surface area contributed by atoms with Gasteiger partial charge in [0.1, 0.15) is 0 Å². The second-order valence-corrected chi connectivity index (χ2v) is 11.8. The summed E-state index contributed by atoms with van der Waals surface area (Å²) in [4.78, 5) is 0. The molecule has 8 aromatic carbocycles. The Balaban J connectivity index is 1.58. The molecule has 0 N–H and O–H groups in total. The van der Waals surface area contributed by atoms with Gasteiger partial charge in [0.25, 0.3) is 0 Å². The van der Waals surface area contributed by atoms with Crippen LogP contribution in [0.2, 0.25) is 0 Å². The molecule has 0 atom stereocenters. The Morgan fingerprint density at radius 3 is 1.55 bits per heavy atom. The summed E-state index contributed by atoms with van der Waals surface area (Å²) in [6.07, 6.45) is 0. The molecular formula is C42H28. The fourth-order valence-electron chi connectivity index (χ4n) is 7.56. The van der Waals surface area contributed by atoms with E-state index in [-0.39, 0.29) is 0 Å². The molecule has 0 fully saturated rings. The number of benzene rings is 8. The molecule has 0 aromatic heterocycles. The van der Waals surface area contributed by atoms with Crippen molar-refractivity contribution in [2.75, 3.05) is 0 Å². The number of aryl methyl sites for hydroxylation is 2. The lowest BCUT2D eigenvalue weighted by Gasteiger charge is -2.22. The molecule has 9 rings (SSSR count). The minimum atomic E-state index is 1.27. The van der Waals surface area contributed by atoms with Crippen molar-refractivity contribution in [3.8, 4) is 44.5 Å². The van der Waals surface area contributed by atoms with Crippen molar-refractivity contribution in [3.63, 3.8) is 0 Å². The lowest BCUT2D eigenvalue weighted by Crippen LogP contribution is -1.95. The minimum Gasteiger partial charge on any atom is -0.0616 e. The maximum absolute atomic E-state index is 2.41. The first-order chi connectivity index (χ1) is 20.7. The Morgan fingerprint density at radius 2 is 0.857 bits per heavy atom. The van der Waals surface area contributed by atoms with E-state index >= 15 is 0 Å². The first-order valence-corrected chi connectivity index (χ1v) is 14.8. The van der Waals surface area contributed by atoms with Gasteiger partial charge in [-0.2, -0.15) is 0 Å². The molecule has 0 radical (unpaired) electrons. The average molecular weight is 533 g/mol. The Bertz CT molecular complexity index is 2410. The van der Waals surface area contributed by atoms with E-state index in [4.69, 9.17) is 0 Å². The Kier molecular flexibility index (Phi) is 4.84. The predicted octanol–water partition coefficient (Wildman–Crippen LogP) is 11.9. The van der Waals surface area contributed by atoms with E-state index in [0.717, 1.165) is 0 Å². The second-order valence-electron chi connectivity index (χ2n) is 11.8. The zero-order valence-electron chi connectivity index (χ0n) is 23.7. The highest BCUT2D eigenvalue weighted by Crippen LogP contribution is 2.59. The molecule has 0 saturated carbocycles. The number of hydrogen-bond donors (Lipinski definition) is 0. The van der Waals surface area contributed by atoms with Crippen molar-refractivity contribution >= 4 is 43.1 Å². The zero-order chi connectivity index (χ0) is 27.9. The van der Waals surface area contributed by atoms with Gasteiger partial charge in [-0.05, 0) is 107 Å². The van der Waals surface area contributed by atoms with Gasteiger partial charge in [-0.3, -0.25) is 0 Å². The van der Waals surface area contributed by atoms with E-state index in [9.17, 15) is 0 Å². The van der Waals surface area contributed by atoms with Gasteiger partial charge in [0.2, 0.25) is 0 Å². The van der Waals surface area contributed by atoms with Gasteiger partial charge in [-0.1, -0.05) is 139 Å². The van der Waals surface area contributed by atoms with E-state index in [1.54, 1.807) is 0 Å². The average Bonchev–Trinajstić information content (AvgIpc) is 3.36. The third-order valence-corrected chi connectivity index (χ3v) is 9.38. The summed E-state index contributed by atoms with van der Waals surface area (Å²) in [6, 6.07) is 49.8. The van der Waals surface area contributed by atoms with Crippen LogP contribution in [0.15, 0.2) is 133 Å². The summed E-state index contributed by atoms with van der Waals surface area (Å²) in [7, 11) is 0. The first-order valence-electron chi connectivity index (χ1n) is 14.8. The molecular weight excluding hydrogens is 504 g/mol. The Morgan fingerprint density at radius 1 is 0.333 bits per heavy atom. The maximum Gasteiger partial charge on any atom is -0.000719 e. The summed E-state index contributed by atoms with van der Waals surface area (Å²) < 4.78 is 0. The molecule has 0 bridgehead atoms. The summed E-state index contributed by atoms with van der Waals surface area (Å²) in [5.41, 5.74) is 13.3. The molecule has 0 spiro atoms. The van der Waals surface area contributed by atoms with Crippen LogP contribution < -0.4 is 0 Å². The SMILES string of the molecule is Cc1ccc2c(-c3cccc4ccccc34)c3c(c(-c4cccc5ccccc45)c2c1)-c1cccc2c(C)ccc-3c12. The van der Waals surface area contributed by atoms with Gasteiger partial charge >= 0.3 is 0 Å². The van der Waals surface area contributed by atoms with E-state index in [0.29, 0.717) is 0 Å². The fraction of sp³-hybridized carbons (Fsp3) is 0.0476. The lowest BCUT2D eigenvalue weighted by atomic mass is 9.80. The van der Waals surface area contributed by atoms with E-state index in [1.165, 1.54) is 98.7 Å². The molecule has 0 heterocycles. The van der Waals surface area contributed by atoms with Gasteiger partial charge in [0.05, 0.1) is 0 Å². The molecule has 1 aliphatic rings. The highest BCUT2D eigenvalue weighted by molar-refractivity contribution is 6.30. The third-order valence-electron chi connectivity index (χ3n) is 9.38. The quantitative estimate of drug-likeness (QED) is 0.208. The maximum atomic E-state index is 2.41. The van der Waals surface area contributed by atoms with E-state index < -0.39 is 0 Å². The van der Waals surface area contributed by atoms with Crippen LogP contribution in [0.3, 0.4) is 0 Å². The van der Waals surface area contributed by atoms with E-state index in [2.05, 4.69) is 147 Å². The predicted molar refractivity (Wildman–Crippen MR) is 181 cm³/mol. The van der Waals surface area contributed by atoms with Gasteiger partial charge in [-0.15, -0.1) is 0 Å². The van der Waals surface area contributed by atoms with E-state index in [1.807, 2.05) is 0 Å². The van der Waals surface area contributed by atoms with Crippen molar-refractivity contribution in [2.45, 2.75) is 13.8 Å². The molecule has 8 aromatic rings. The van der Waals surface area contributed by atoms with Crippen molar-refractivity contribution in [2.24, 2.45) is 0 Å². The standard InChI is InChI=1S/C42H28/c1-25-20-22-34-37(24-25)40(33-18-8-13-28-11-4-6-15-31(28)33)41-35-19-9-16-29-26(2)21-23-36(38(29)35)42(41)39(34)32-17-7-12-27-10-3-5-14-30(27)32/h3-24H,1-2H3. The summed E-state index contributed by atoms with van der Waals surface area (Å²) in [5.74, 6) is 0. The van der Waals surface area contributed by atoms with Gasteiger partial charge in [0.15, 0.2) is 0 Å². The van der Waals surface area contributed by atoms with Crippen molar-refractivity contribution < 1.29 is 0 Å². The molecule has 0 nitrogen and oxygen atoms in total. The summed E-state index contributed by atoms with van der Waals surface area (Å²) >= 11 is 0. The first kappa shape index (κ1) is 23.5. The van der Waals surface area contributed by atoms with Crippen LogP contribution in [0.25, 0.3) is 87.6 Å². The van der Waals surface area contributed by atoms with Crippen LogP contribution in [-0.2, 0) is 0 Å². The largest absolute Gasteiger partial charge is 0.0616 e. The van der Waals surface area contributed by atoms with Crippen LogP contribution in [0.5, 0.6) is 0 Å². The van der Waals surface area contributed by atoms with Crippen molar-refractivity contribution in [3.05, 3.63) is 145 Å². The minimum absolute atomic E-state index is 1.27. The molecule has 196 valence electrons. The number of rotatable bonds is 2. The molecule has 0 amide bonds. The number of fused-ring (bicyclic) bond motifs is 6. The highest BCUT2D eigenvalue weighted by atomic mass is 14.3. The lowest BCUT2D eigenvalue weighted by molar-refractivity contribution is 1.50.